The van der Waals surface area contributed by atoms with Crippen molar-refractivity contribution in [1.82, 2.24) is 0 Å². The number of ether oxygens (including phenoxy) is 1. The van der Waals surface area contributed by atoms with E-state index in [1.54, 1.807) is 42.5 Å². The van der Waals surface area contributed by atoms with Gasteiger partial charge in [-0.3, -0.25) is 0 Å². The molecular formula is C15H14O5S. The van der Waals surface area contributed by atoms with Gasteiger partial charge < -0.3 is 8.92 Å². The van der Waals surface area contributed by atoms with Crippen molar-refractivity contribution < 1.29 is 22.1 Å². The Bertz CT molecular complexity index is 748. The Hall–Kier alpha value is -2.34. The molecular weight excluding hydrogens is 292 g/mol. The molecule has 0 aliphatic carbocycles. The van der Waals surface area contributed by atoms with Gasteiger partial charge in [-0.1, -0.05) is 24.3 Å². The average molecular weight is 306 g/mol. The van der Waals surface area contributed by atoms with Crippen molar-refractivity contribution in [2.45, 2.75) is 0 Å². The van der Waals surface area contributed by atoms with Crippen molar-refractivity contribution >= 4 is 16.1 Å². The molecule has 2 aromatic rings. The summed E-state index contributed by atoms with van der Waals surface area (Å²) in [4.78, 5) is 11.5. The van der Waals surface area contributed by atoms with Crippen LogP contribution >= 0.6 is 0 Å². The quantitative estimate of drug-likeness (QED) is 0.641. The second-order valence-corrected chi connectivity index (χ2v) is 5.96. The van der Waals surface area contributed by atoms with Crippen LogP contribution in [0.3, 0.4) is 0 Å². The lowest BCUT2D eigenvalue weighted by Crippen LogP contribution is -2.05. The van der Waals surface area contributed by atoms with Crippen LogP contribution in [0.25, 0.3) is 11.1 Å². The molecule has 2 aromatic carbocycles. The lowest BCUT2D eigenvalue weighted by Gasteiger charge is -2.06. The minimum atomic E-state index is -3.54. The molecule has 2 rings (SSSR count). The normalized spacial score (nSPS) is 11.0. The predicted octanol–water partition coefficient (Wildman–Crippen LogP) is 2.48. The molecule has 0 amide bonds. The van der Waals surface area contributed by atoms with Gasteiger partial charge in [-0.25, -0.2) is 4.79 Å². The maximum absolute atomic E-state index is 11.5. The molecule has 21 heavy (non-hydrogen) atoms. The van der Waals surface area contributed by atoms with Crippen molar-refractivity contribution in [1.29, 1.82) is 0 Å². The number of rotatable bonds is 4. The number of benzene rings is 2. The Morgan fingerprint density at radius 2 is 1.67 bits per heavy atom. The van der Waals surface area contributed by atoms with E-state index in [-0.39, 0.29) is 5.75 Å². The standard InChI is InChI=1S/C15H14O5S/c1-19-15(16)13-5-3-4-12(10-13)11-6-8-14(9-7-11)20-21(2,17)18/h3-10H,1-2H3. The number of hydrogen-bond donors (Lipinski definition) is 0. The molecule has 0 aromatic heterocycles. The first kappa shape index (κ1) is 15.1. The highest BCUT2D eigenvalue weighted by Crippen LogP contribution is 2.24. The average Bonchev–Trinajstić information content (AvgIpc) is 2.45. The third-order valence-corrected chi connectivity index (χ3v) is 3.21. The maximum Gasteiger partial charge on any atom is 0.337 e. The Labute approximate surface area is 123 Å². The highest BCUT2D eigenvalue weighted by molar-refractivity contribution is 7.86. The topological polar surface area (TPSA) is 69.7 Å². The first-order valence-electron chi connectivity index (χ1n) is 6.07. The number of esters is 1. The monoisotopic (exact) mass is 306 g/mol. The summed E-state index contributed by atoms with van der Waals surface area (Å²) in [5, 5.41) is 0. The summed E-state index contributed by atoms with van der Waals surface area (Å²) in [7, 11) is -2.21. The smallest absolute Gasteiger partial charge is 0.337 e. The number of carbonyl (C=O) groups is 1. The molecule has 0 aliphatic heterocycles. The van der Waals surface area contributed by atoms with Crippen molar-refractivity contribution in [2.75, 3.05) is 13.4 Å². The molecule has 0 radical (unpaired) electrons. The Morgan fingerprint density at radius 1 is 1.00 bits per heavy atom. The van der Waals surface area contributed by atoms with Gasteiger partial charge in [-0.05, 0) is 35.4 Å². The molecule has 0 N–H and O–H groups in total. The molecule has 0 unspecified atom stereocenters. The molecule has 0 atom stereocenters. The van der Waals surface area contributed by atoms with Crippen LogP contribution in [0.1, 0.15) is 10.4 Å². The van der Waals surface area contributed by atoms with Gasteiger partial charge in [0.2, 0.25) is 0 Å². The van der Waals surface area contributed by atoms with Gasteiger partial charge in [0.25, 0.3) is 0 Å². The van der Waals surface area contributed by atoms with Crippen LogP contribution in [0.15, 0.2) is 48.5 Å². The fourth-order valence-corrected chi connectivity index (χ4v) is 2.28. The summed E-state index contributed by atoms with van der Waals surface area (Å²) in [6.45, 7) is 0. The first-order valence-corrected chi connectivity index (χ1v) is 7.89. The van der Waals surface area contributed by atoms with Crippen molar-refractivity contribution in [2.24, 2.45) is 0 Å². The van der Waals surface area contributed by atoms with E-state index in [4.69, 9.17) is 4.18 Å². The van der Waals surface area contributed by atoms with Gasteiger partial charge in [-0.2, -0.15) is 8.42 Å². The Morgan fingerprint density at radius 3 is 2.24 bits per heavy atom. The fraction of sp³-hybridized carbons (Fsp3) is 0.133. The highest BCUT2D eigenvalue weighted by atomic mass is 32.2. The number of hydrogen-bond acceptors (Lipinski definition) is 5. The summed E-state index contributed by atoms with van der Waals surface area (Å²) in [5.74, 6) is -0.167. The predicted molar refractivity (Wildman–Crippen MR) is 78.7 cm³/mol. The Balaban J connectivity index is 2.29. The van der Waals surface area contributed by atoms with Crippen molar-refractivity contribution in [3.63, 3.8) is 0 Å². The van der Waals surface area contributed by atoms with Gasteiger partial charge in [0.1, 0.15) is 5.75 Å². The molecule has 0 saturated heterocycles. The summed E-state index contributed by atoms with van der Waals surface area (Å²) >= 11 is 0. The van der Waals surface area contributed by atoms with E-state index >= 15 is 0 Å². The zero-order chi connectivity index (χ0) is 15.5. The number of methoxy groups -OCH3 is 1. The molecule has 5 nitrogen and oxygen atoms in total. The molecule has 0 spiro atoms. The Kier molecular flexibility index (Phi) is 4.28. The van der Waals surface area contributed by atoms with Gasteiger partial charge >= 0.3 is 16.1 Å². The lowest BCUT2D eigenvalue weighted by molar-refractivity contribution is 0.0601. The van der Waals surface area contributed by atoms with Crippen LogP contribution in [-0.4, -0.2) is 27.8 Å². The van der Waals surface area contributed by atoms with Crippen LogP contribution in [0.2, 0.25) is 0 Å². The second kappa shape index (κ2) is 5.97. The largest absolute Gasteiger partial charge is 0.465 e. The molecule has 110 valence electrons. The first-order chi connectivity index (χ1) is 9.89. The molecule has 6 heteroatoms. The van der Waals surface area contributed by atoms with Crippen LogP contribution in [0, 0.1) is 0 Å². The van der Waals surface area contributed by atoms with Crippen molar-refractivity contribution in [3.8, 4) is 16.9 Å². The van der Waals surface area contributed by atoms with E-state index in [0.717, 1.165) is 17.4 Å². The third-order valence-electron chi connectivity index (χ3n) is 2.72. The van der Waals surface area contributed by atoms with Gasteiger partial charge in [0.15, 0.2) is 0 Å². The summed E-state index contributed by atoms with van der Waals surface area (Å²) in [5.41, 5.74) is 2.11. The highest BCUT2D eigenvalue weighted by Gasteiger charge is 2.08. The van der Waals surface area contributed by atoms with E-state index in [1.165, 1.54) is 7.11 Å². The van der Waals surface area contributed by atoms with Gasteiger partial charge in [0, 0.05) is 0 Å². The molecule has 0 bridgehead atoms. The molecule has 0 heterocycles. The van der Waals surface area contributed by atoms with E-state index in [9.17, 15) is 13.2 Å². The molecule has 0 aliphatic rings. The minimum Gasteiger partial charge on any atom is -0.465 e. The number of carbonyl (C=O) groups excluding carboxylic acids is 1. The van der Waals surface area contributed by atoms with E-state index in [1.807, 2.05) is 6.07 Å². The summed E-state index contributed by atoms with van der Waals surface area (Å²) in [6, 6.07) is 13.5. The SMILES string of the molecule is COC(=O)c1cccc(-c2ccc(OS(C)(=O)=O)cc2)c1. The van der Waals surface area contributed by atoms with Crippen LogP contribution < -0.4 is 4.18 Å². The molecule has 0 fully saturated rings. The van der Waals surface area contributed by atoms with Crippen LogP contribution in [-0.2, 0) is 14.9 Å². The van der Waals surface area contributed by atoms with Gasteiger partial charge in [0.05, 0.1) is 18.9 Å². The third kappa shape index (κ3) is 4.06. The lowest BCUT2D eigenvalue weighted by atomic mass is 10.0. The van der Waals surface area contributed by atoms with Crippen LogP contribution in [0.4, 0.5) is 0 Å². The second-order valence-electron chi connectivity index (χ2n) is 4.38. The summed E-state index contributed by atoms with van der Waals surface area (Å²) in [6.07, 6.45) is 0.987. The zero-order valence-electron chi connectivity index (χ0n) is 11.6. The van der Waals surface area contributed by atoms with E-state index in [2.05, 4.69) is 4.74 Å². The molecule has 0 saturated carbocycles. The van der Waals surface area contributed by atoms with Crippen molar-refractivity contribution in [3.05, 3.63) is 54.1 Å². The van der Waals surface area contributed by atoms with Gasteiger partial charge in [-0.15, -0.1) is 0 Å². The maximum atomic E-state index is 11.5. The van der Waals surface area contributed by atoms with Crippen LogP contribution in [0.5, 0.6) is 5.75 Å². The summed E-state index contributed by atoms with van der Waals surface area (Å²) < 4.78 is 31.5. The van der Waals surface area contributed by atoms with E-state index < -0.39 is 16.1 Å². The van der Waals surface area contributed by atoms with E-state index in [0.29, 0.717) is 5.56 Å². The zero-order valence-corrected chi connectivity index (χ0v) is 12.4. The minimum absolute atomic E-state index is 0.241. The fourth-order valence-electron chi connectivity index (χ4n) is 1.82.